The highest BCUT2D eigenvalue weighted by molar-refractivity contribution is 6.10. The third kappa shape index (κ3) is 4.95. The molecule has 0 bridgehead atoms. The van der Waals surface area contributed by atoms with Gasteiger partial charge in [-0.1, -0.05) is 25.5 Å². The summed E-state index contributed by atoms with van der Waals surface area (Å²) in [4.78, 5) is 31.0. The lowest BCUT2D eigenvalue weighted by Gasteiger charge is -2.41. The lowest BCUT2D eigenvalue weighted by atomic mass is 9.94. The molecule has 3 N–H and O–H groups in total. The van der Waals surface area contributed by atoms with Crippen LogP contribution in [-0.4, -0.2) is 65.0 Å². The van der Waals surface area contributed by atoms with Gasteiger partial charge in [0.25, 0.3) is 5.91 Å². The quantitative estimate of drug-likeness (QED) is 0.447. The smallest absolute Gasteiger partial charge is 0.257 e. The molecule has 1 amide bonds. The molecule has 0 saturated carbocycles. The highest BCUT2D eigenvalue weighted by atomic mass is 16.3. The average molecular weight is 487 g/mol. The molecule has 1 unspecified atom stereocenters. The van der Waals surface area contributed by atoms with Crippen LogP contribution in [0.15, 0.2) is 53.9 Å². The van der Waals surface area contributed by atoms with Crippen molar-refractivity contribution in [3.05, 3.63) is 71.3 Å². The van der Waals surface area contributed by atoms with Gasteiger partial charge in [0.15, 0.2) is 0 Å². The number of aliphatic imine (C=N–C) groups is 1. The van der Waals surface area contributed by atoms with Gasteiger partial charge in [0.05, 0.1) is 35.7 Å². The van der Waals surface area contributed by atoms with E-state index in [1.807, 2.05) is 41.4 Å². The summed E-state index contributed by atoms with van der Waals surface area (Å²) >= 11 is 0. The summed E-state index contributed by atoms with van der Waals surface area (Å²) in [5.74, 6) is 0.0130. The number of fused-ring (bicyclic) bond motifs is 3. The number of hydrogen-bond acceptors (Lipinski definition) is 7. The zero-order chi connectivity index (χ0) is 25.7. The summed E-state index contributed by atoms with van der Waals surface area (Å²) in [6.45, 7) is 5.09. The summed E-state index contributed by atoms with van der Waals surface area (Å²) in [5.41, 5.74) is 11.5. The van der Waals surface area contributed by atoms with E-state index in [1.54, 1.807) is 19.5 Å². The third-order valence-electron chi connectivity index (χ3n) is 6.65. The molecule has 188 valence electrons. The largest absolute Gasteiger partial charge is 0.404 e. The molecule has 8 heteroatoms. The minimum Gasteiger partial charge on any atom is -0.404 e. The molecule has 8 nitrogen and oxygen atoms in total. The van der Waals surface area contributed by atoms with E-state index < -0.39 is 0 Å². The van der Waals surface area contributed by atoms with Gasteiger partial charge in [-0.2, -0.15) is 0 Å². The number of anilines is 1. The number of hydrogen-bond donors (Lipinski definition) is 2. The fourth-order valence-electron chi connectivity index (χ4n) is 4.87. The van der Waals surface area contributed by atoms with Crippen LogP contribution in [0.4, 0.5) is 5.69 Å². The molecule has 1 aromatic carbocycles. The number of carbonyl (C=O) groups is 1. The van der Waals surface area contributed by atoms with Gasteiger partial charge in [-0.3, -0.25) is 19.8 Å². The summed E-state index contributed by atoms with van der Waals surface area (Å²) < 4.78 is 0. The number of nitrogens with two attached hydrogens (primary N) is 1. The molecule has 3 heterocycles. The van der Waals surface area contributed by atoms with Crippen LogP contribution in [0.3, 0.4) is 0 Å². The molecule has 36 heavy (non-hydrogen) atoms. The second-order valence-electron chi connectivity index (χ2n) is 9.11. The summed E-state index contributed by atoms with van der Waals surface area (Å²) in [6.07, 6.45) is 9.28. The molecule has 3 aromatic rings. The molecule has 4 rings (SSSR count). The van der Waals surface area contributed by atoms with Crippen molar-refractivity contribution in [2.45, 2.75) is 39.2 Å². The van der Waals surface area contributed by atoms with E-state index in [4.69, 9.17) is 10.7 Å². The normalized spacial score (nSPS) is 15.1. The van der Waals surface area contributed by atoms with Crippen LogP contribution >= 0.6 is 0 Å². The Balaban J connectivity index is 1.78. The number of β-amino-alcohol motifs (C(OH)–C–C–N with tert-alkyl or cyclic N) is 1. The van der Waals surface area contributed by atoms with E-state index in [-0.39, 0.29) is 18.6 Å². The lowest BCUT2D eigenvalue weighted by molar-refractivity contribution is 0.0664. The topological polar surface area (TPSA) is 108 Å². The maximum absolute atomic E-state index is 13.7. The Hall–Kier alpha value is -3.78. The Morgan fingerprint density at radius 2 is 2.14 bits per heavy atom. The molecule has 0 aliphatic carbocycles. The molecular weight excluding hydrogens is 452 g/mol. The molecular formula is C28H34N6O2. The Morgan fingerprint density at radius 1 is 1.31 bits per heavy atom. The summed E-state index contributed by atoms with van der Waals surface area (Å²) in [5, 5.41) is 10.8. The van der Waals surface area contributed by atoms with Crippen LogP contribution in [0.25, 0.3) is 16.5 Å². The van der Waals surface area contributed by atoms with Crippen molar-refractivity contribution in [1.82, 2.24) is 14.9 Å². The van der Waals surface area contributed by atoms with E-state index in [0.29, 0.717) is 25.2 Å². The van der Waals surface area contributed by atoms with Crippen LogP contribution in [0.1, 0.15) is 53.9 Å². The highest BCUT2D eigenvalue weighted by Crippen LogP contribution is 2.37. The second-order valence-corrected chi connectivity index (χ2v) is 9.11. The number of rotatable bonds is 9. The van der Waals surface area contributed by atoms with E-state index in [2.05, 4.69) is 28.7 Å². The van der Waals surface area contributed by atoms with Gasteiger partial charge in [0, 0.05) is 55.4 Å². The Morgan fingerprint density at radius 3 is 2.81 bits per heavy atom. The van der Waals surface area contributed by atoms with Crippen molar-refractivity contribution in [2.75, 3.05) is 31.8 Å². The minimum absolute atomic E-state index is 0.000298. The molecule has 0 spiro atoms. The monoisotopic (exact) mass is 486 g/mol. The van der Waals surface area contributed by atoms with Crippen molar-refractivity contribution in [3.8, 4) is 0 Å². The Labute approximate surface area is 212 Å². The molecule has 1 aliphatic rings. The molecule has 2 aromatic heterocycles. The van der Waals surface area contributed by atoms with Crippen molar-refractivity contribution in [3.63, 3.8) is 0 Å². The number of amides is 1. The number of allylic oxidation sites excluding steroid dienone is 1. The SMILES string of the molecule is CCCC(C)N1CN(CCO)c2c(cc(Cc3ccc(C(C=NC)=CN)nc3)c3cccnc23)C1=O. The number of aliphatic hydroxyl groups is 1. The van der Waals surface area contributed by atoms with Crippen LogP contribution in [-0.2, 0) is 6.42 Å². The van der Waals surface area contributed by atoms with Gasteiger partial charge in [-0.15, -0.1) is 0 Å². The number of pyridine rings is 2. The minimum atomic E-state index is -0.000298. The zero-order valence-corrected chi connectivity index (χ0v) is 21.2. The second kappa shape index (κ2) is 11.3. The number of benzene rings is 1. The van der Waals surface area contributed by atoms with Crippen LogP contribution in [0, 0.1) is 0 Å². The molecule has 0 radical (unpaired) electrons. The van der Waals surface area contributed by atoms with Gasteiger partial charge in [-0.05, 0) is 49.1 Å². The standard InChI is InChI=1S/C28H34N6O2/c1-4-6-19(2)34-18-33(11-12-35)27-24(28(34)36)14-21(23-7-5-10-31-26(23)27)13-20-8-9-25(32-16-20)22(15-29)17-30-3/h5,7-10,14-17,19,35H,4,6,11-13,18,29H2,1-3H3. The molecule has 1 atom stereocenters. The van der Waals surface area contributed by atoms with Crippen molar-refractivity contribution < 1.29 is 9.90 Å². The van der Waals surface area contributed by atoms with Gasteiger partial charge in [-0.25, -0.2) is 0 Å². The summed E-state index contributed by atoms with van der Waals surface area (Å²) in [6, 6.07) is 10.0. The van der Waals surface area contributed by atoms with E-state index in [1.165, 1.54) is 6.20 Å². The van der Waals surface area contributed by atoms with Gasteiger partial charge < -0.3 is 20.6 Å². The first-order valence-electron chi connectivity index (χ1n) is 12.4. The highest BCUT2D eigenvalue weighted by Gasteiger charge is 2.34. The zero-order valence-electron chi connectivity index (χ0n) is 21.2. The first-order chi connectivity index (χ1) is 17.5. The van der Waals surface area contributed by atoms with Crippen LogP contribution in [0.5, 0.6) is 0 Å². The van der Waals surface area contributed by atoms with Crippen LogP contribution in [0.2, 0.25) is 0 Å². The van der Waals surface area contributed by atoms with Crippen LogP contribution < -0.4 is 10.6 Å². The van der Waals surface area contributed by atoms with Crippen molar-refractivity contribution in [2.24, 2.45) is 10.7 Å². The van der Waals surface area contributed by atoms with E-state index in [9.17, 15) is 9.90 Å². The molecule has 0 fully saturated rings. The predicted molar refractivity (Wildman–Crippen MR) is 145 cm³/mol. The van der Waals surface area contributed by atoms with Crippen molar-refractivity contribution >= 4 is 34.3 Å². The first kappa shape index (κ1) is 25.3. The molecule has 0 saturated heterocycles. The summed E-state index contributed by atoms with van der Waals surface area (Å²) in [7, 11) is 1.69. The maximum Gasteiger partial charge on any atom is 0.257 e. The fraction of sp³-hybridized carbons (Fsp3) is 0.357. The Kier molecular flexibility index (Phi) is 7.95. The number of aromatic nitrogens is 2. The van der Waals surface area contributed by atoms with Gasteiger partial charge in [0.2, 0.25) is 0 Å². The number of aliphatic hydroxyl groups excluding tert-OH is 1. The third-order valence-corrected chi connectivity index (χ3v) is 6.65. The van der Waals surface area contributed by atoms with Crippen molar-refractivity contribution in [1.29, 1.82) is 0 Å². The fourth-order valence-corrected chi connectivity index (χ4v) is 4.87. The average Bonchev–Trinajstić information content (AvgIpc) is 2.89. The van der Waals surface area contributed by atoms with E-state index in [0.717, 1.165) is 51.8 Å². The van der Waals surface area contributed by atoms with E-state index >= 15 is 0 Å². The number of carbonyl (C=O) groups excluding carboxylic acids is 1. The number of nitrogens with zero attached hydrogens (tertiary/aromatic N) is 5. The van der Waals surface area contributed by atoms with Gasteiger partial charge >= 0.3 is 0 Å². The Bertz CT molecular complexity index is 1290. The molecule has 1 aliphatic heterocycles. The maximum atomic E-state index is 13.7. The predicted octanol–water partition coefficient (Wildman–Crippen LogP) is 3.62. The van der Waals surface area contributed by atoms with Gasteiger partial charge in [0.1, 0.15) is 0 Å². The lowest BCUT2D eigenvalue weighted by Crippen LogP contribution is -2.51. The first-order valence-corrected chi connectivity index (χ1v) is 12.4.